The molecule has 0 amide bonds. The second-order valence-electron chi connectivity index (χ2n) is 18.5. The molecule has 6 fully saturated rings. The third-order valence-electron chi connectivity index (χ3n) is 14.4. The first-order valence-electron chi connectivity index (χ1n) is 20.4. The molecule has 15 nitrogen and oxygen atoms in total. The van der Waals surface area contributed by atoms with E-state index in [1.807, 2.05) is 31.1 Å². The molecule has 4 heterocycles. The number of anilines is 1. The number of hydrogen-bond donors (Lipinski definition) is 2. The lowest BCUT2D eigenvalue weighted by Crippen LogP contribution is -2.67. The Hall–Kier alpha value is -5.23. The average molecular weight is 868 g/mol. The van der Waals surface area contributed by atoms with Gasteiger partial charge in [0.25, 0.3) is 10.1 Å². The normalized spacial score (nSPS) is 36.5. The summed E-state index contributed by atoms with van der Waals surface area (Å²) < 4.78 is 67.3. The van der Waals surface area contributed by atoms with Gasteiger partial charge in [-0.1, -0.05) is 99.6 Å². The van der Waals surface area contributed by atoms with E-state index in [9.17, 15) is 37.8 Å². The molecule has 4 aromatic carbocycles. The Morgan fingerprint density at radius 3 is 2.16 bits per heavy atom. The number of aliphatic hydroxyl groups is 2. The fourth-order valence-electron chi connectivity index (χ4n) is 12.3. The lowest BCUT2D eigenvalue weighted by atomic mass is 9.51. The van der Waals surface area contributed by atoms with Crippen LogP contribution in [0.2, 0.25) is 0 Å². The van der Waals surface area contributed by atoms with Crippen LogP contribution in [0.25, 0.3) is 10.8 Å². The molecular formula is C46H45NO14S. The molecule has 4 saturated heterocycles. The fourth-order valence-corrected chi connectivity index (χ4v) is 13.6. The summed E-state index contributed by atoms with van der Waals surface area (Å²) in [6.45, 7) is 6.38. The van der Waals surface area contributed by atoms with Crippen LogP contribution in [0.4, 0.5) is 5.69 Å². The molecule has 324 valence electrons. The molecule has 62 heavy (non-hydrogen) atoms. The van der Waals surface area contributed by atoms with E-state index in [1.165, 1.54) is 13.0 Å². The van der Waals surface area contributed by atoms with Gasteiger partial charge in [0.1, 0.15) is 23.2 Å². The maximum atomic E-state index is 14.9. The van der Waals surface area contributed by atoms with E-state index in [0.29, 0.717) is 27.5 Å². The van der Waals surface area contributed by atoms with Crippen molar-refractivity contribution in [2.75, 3.05) is 19.0 Å². The highest BCUT2D eigenvalue weighted by molar-refractivity contribution is 7.87. The van der Waals surface area contributed by atoms with E-state index >= 15 is 0 Å². The predicted molar refractivity (Wildman–Crippen MR) is 217 cm³/mol. The molecule has 16 heteroatoms. The van der Waals surface area contributed by atoms with Gasteiger partial charge in [-0.15, -0.1) is 0 Å². The highest BCUT2D eigenvalue weighted by Gasteiger charge is 3.05. The Bertz CT molecular complexity index is 2700. The standard InChI is InChI=1S/C46H45NO14S/c1-23-38(50)57-36-34(49)44-35-32(61-62(54,55)30-17-11-14-27-28(30)15-10-16-29(27)47(5)6)33(42(2,3)4)43(44)37(39(51)59-41(43)60-46(44,40(52)58-35)45(23,36)53)56-22-24-18-20-26(21-19-24)31(48)25-12-8-7-9-13-25/h7-21,23,32-37,41,49,53H,22H2,1-6H3/t23-,32-,33?,34?,35?,36?,37+,41?,43?,44?,45-,46?/m1/s1. The largest absolute Gasteiger partial charge is 0.456 e. The number of fused-ring (bicyclic) bond motifs is 2. The molecule has 4 aliphatic heterocycles. The zero-order valence-electron chi connectivity index (χ0n) is 34.6. The number of nitrogens with zero attached hydrogens (tertiary/aromatic N) is 1. The van der Waals surface area contributed by atoms with E-state index < -0.39 is 104 Å². The Morgan fingerprint density at radius 2 is 1.48 bits per heavy atom. The topological polar surface area (TPSA) is 202 Å². The van der Waals surface area contributed by atoms with Gasteiger partial charge in [-0.05, 0) is 30.0 Å². The van der Waals surface area contributed by atoms with E-state index in [-0.39, 0.29) is 17.3 Å². The van der Waals surface area contributed by atoms with E-state index in [1.54, 1.807) is 93.6 Å². The fraction of sp³-hybridized carbons (Fsp3) is 0.435. The van der Waals surface area contributed by atoms with Crippen molar-refractivity contribution in [2.45, 2.75) is 87.2 Å². The van der Waals surface area contributed by atoms with Crippen molar-refractivity contribution < 1.29 is 65.7 Å². The van der Waals surface area contributed by atoms with E-state index in [2.05, 4.69) is 0 Å². The maximum absolute atomic E-state index is 14.9. The lowest BCUT2D eigenvalue weighted by Gasteiger charge is -2.48. The van der Waals surface area contributed by atoms with Gasteiger partial charge >= 0.3 is 17.9 Å². The quantitative estimate of drug-likeness (QED) is 0.107. The summed E-state index contributed by atoms with van der Waals surface area (Å²) in [7, 11) is -1.15. The molecule has 10 rings (SSSR count). The predicted octanol–water partition coefficient (Wildman–Crippen LogP) is 3.69. The number of carbonyl (C=O) groups is 4. The molecule has 4 aromatic rings. The van der Waals surface area contributed by atoms with Crippen LogP contribution in [0.3, 0.4) is 0 Å². The van der Waals surface area contributed by atoms with E-state index in [4.69, 9.17) is 27.9 Å². The van der Waals surface area contributed by atoms with Crippen LogP contribution in [0.15, 0.2) is 95.9 Å². The van der Waals surface area contributed by atoms with Gasteiger partial charge in [0.2, 0.25) is 11.9 Å². The number of rotatable bonds is 9. The number of aliphatic hydroxyl groups excluding tert-OH is 1. The summed E-state index contributed by atoms with van der Waals surface area (Å²) in [5.41, 5.74) is -8.45. The Balaban J connectivity index is 1.13. The van der Waals surface area contributed by atoms with Gasteiger partial charge in [-0.25, -0.2) is 9.59 Å². The molecule has 2 saturated carbocycles. The van der Waals surface area contributed by atoms with Crippen LogP contribution in [0.1, 0.15) is 49.2 Å². The molecule has 2 spiro atoms. The second-order valence-corrected chi connectivity index (χ2v) is 20.1. The molecule has 2 N–H and O–H groups in total. The van der Waals surface area contributed by atoms with Crippen LogP contribution in [0, 0.1) is 28.1 Å². The minimum atomic E-state index is -4.81. The zero-order valence-corrected chi connectivity index (χ0v) is 35.5. The van der Waals surface area contributed by atoms with Crippen molar-refractivity contribution >= 4 is 50.3 Å². The first-order valence-corrected chi connectivity index (χ1v) is 21.8. The van der Waals surface area contributed by atoms with Crippen molar-refractivity contribution in [3.63, 3.8) is 0 Å². The molecule has 0 bridgehead atoms. The van der Waals surface area contributed by atoms with Gasteiger partial charge in [-0.3, -0.25) is 13.8 Å². The number of hydrogen-bond acceptors (Lipinski definition) is 15. The van der Waals surface area contributed by atoms with Crippen molar-refractivity contribution in [3.8, 4) is 0 Å². The SMILES string of the molecule is C[C@@H]1C(=O)OC2C(O)C34C5OC(=O)C3(OC3OC(=O)[C@H](OCc6ccc(C(=O)c7ccccc7)cc6)C34C(C(C)(C)C)[C@H]5OS(=O)(=O)c3cccc4c(N(C)C)cccc34)[C@]21O. The van der Waals surface area contributed by atoms with Crippen LogP contribution >= 0.6 is 0 Å². The first kappa shape index (κ1) is 40.8. The average Bonchev–Trinajstić information content (AvgIpc) is 3.95. The van der Waals surface area contributed by atoms with Crippen LogP contribution < -0.4 is 4.90 Å². The number of carbonyl (C=O) groups excluding carboxylic acids is 4. The third kappa shape index (κ3) is 4.74. The van der Waals surface area contributed by atoms with Crippen molar-refractivity contribution in [2.24, 2.45) is 28.1 Å². The van der Waals surface area contributed by atoms with Crippen LogP contribution in [-0.2, 0) is 59.0 Å². The van der Waals surface area contributed by atoms with Gasteiger partial charge < -0.3 is 38.8 Å². The maximum Gasteiger partial charge on any atom is 0.343 e. The minimum Gasteiger partial charge on any atom is -0.456 e. The number of ketones is 1. The number of benzene rings is 4. The first-order chi connectivity index (χ1) is 29.3. The van der Waals surface area contributed by atoms with Crippen LogP contribution in [-0.4, -0.2) is 104 Å². The highest BCUT2D eigenvalue weighted by Crippen LogP contribution is 2.85. The summed E-state index contributed by atoms with van der Waals surface area (Å²) in [5, 5.41) is 26.7. The van der Waals surface area contributed by atoms with Crippen molar-refractivity contribution in [3.05, 3.63) is 108 Å². The van der Waals surface area contributed by atoms with Crippen LogP contribution in [0.5, 0.6) is 0 Å². The summed E-state index contributed by atoms with van der Waals surface area (Å²) in [6, 6.07) is 25.3. The van der Waals surface area contributed by atoms with Gasteiger partial charge in [-0.2, -0.15) is 8.42 Å². The summed E-state index contributed by atoms with van der Waals surface area (Å²) in [6.07, 6.45) is -10.6. The van der Waals surface area contributed by atoms with Crippen molar-refractivity contribution in [1.82, 2.24) is 0 Å². The smallest absolute Gasteiger partial charge is 0.343 e. The van der Waals surface area contributed by atoms with E-state index in [0.717, 1.165) is 5.69 Å². The lowest BCUT2D eigenvalue weighted by molar-refractivity contribution is -0.240. The number of esters is 3. The van der Waals surface area contributed by atoms with Crippen molar-refractivity contribution in [1.29, 1.82) is 0 Å². The minimum absolute atomic E-state index is 0.187. The number of ether oxygens (including phenoxy) is 5. The summed E-state index contributed by atoms with van der Waals surface area (Å²) in [4.78, 5) is 57.3. The molecule has 12 atom stereocenters. The highest BCUT2D eigenvalue weighted by atomic mass is 32.2. The molecular weight excluding hydrogens is 823 g/mol. The Labute approximate surface area is 356 Å². The molecule has 0 radical (unpaired) electrons. The molecule has 0 aromatic heterocycles. The third-order valence-corrected chi connectivity index (χ3v) is 15.8. The zero-order chi connectivity index (χ0) is 44.1. The van der Waals surface area contributed by atoms with Gasteiger partial charge in [0.05, 0.1) is 23.4 Å². The summed E-state index contributed by atoms with van der Waals surface area (Å²) >= 11 is 0. The summed E-state index contributed by atoms with van der Waals surface area (Å²) in [5.74, 6) is -5.96. The Kier molecular flexibility index (Phi) is 8.66. The second kappa shape index (κ2) is 13.2. The molecule has 2 aliphatic carbocycles. The molecule has 8 unspecified atom stereocenters. The monoisotopic (exact) mass is 867 g/mol. The van der Waals surface area contributed by atoms with Gasteiger partial charge in [0.15, 0.2) is 23.6 Å². The Morgan fingerprint density at radius 1 is 0.823 bits per heavy atom. The van der Waals surface area contributed by atoms with Gasteiger partial charge in [0, 0.05) is 47.6 Å². The molecule has 6 aliphatic rings.